The predicted octanol–water partition coefficient (Wildman–Crippen LogP) is 2.87. The summed E-state index contributed by atoms with van der Waals surface area (Å²) in [6.07, 6.45) is 2.75. The van der Waals surface area contributed by atoms with Crippen LogP contribution in [0.4, 0.5) is 0 Å². The molecule has 30 heavy (non-hydrogen) atoms. The fourth-order valence-corrected chi connectivity index (χ4v) is 4.02. The van der Waals surface area contributed by atoms with Crippen LogP contribution in [0.5, 0.6) is 11.5 Å². The van der Waals surface area contributed by atoms with Crippen molar-refractivity contribution < 1.29 is 14.3 Å². The number of nitrogens with zero attached hydrogens (tertiary/aromatic N) is 5. The van der Waals surface area contributed by atoms with Crippen molar-refractivity contribution in [3.05, 3.63) is 54.1 Å². The lowest BCUT2D eigenvalue weighted by atomic mass is 10.0. The van der Waals surface area contributed by atoms with Crippen LogP contribution < -0.4 is 9.47 Å². The van der Waals surface area contributed by atoms with Gasteiger partial charge in [-0.1, -0.05) is 36.4 Å². The number of ether oxygens (including phenoxy) is 2. The minimum absolute atomic E-state index is 0.0124. The molecule has 154 valence electrons. The first-order chi connectivity index (χ1) is 14.8. The Hall–Kier alpha value is -3.42. The Morgan fingerprint density at radius 1 is 1.03 bits per heavy atom. The second-order valence-electron chi connectivity index (χ2n) is 7.51. The fraction of sp³-hybridized carbons (Fsp3) is 0.364. The van der Waals surface area contributed by atoms with Gasteiger partial charge in [-0.2, -0.15) is 4.80 Å². The molecule has 1 aromatic heterocycles. The molecule has 0 spiro atoms. The minimum Gasteiger partial charge on any atom is -0.490 e. The molecule has 0 unspecified atom stereocenters. The highest BCUT2D eigenvalue weighted by Gasteiger charge is 2.31. The molecule has 3 heterocycles. The second kappa shape index (κ2) is 8.14. The lowest BCUT2D eigenvalue weighted by Crippen LogP contribution is -2.34. The van der Waals surface area contributed by atoms with Crippen molar-refractivity contribution in [3.8, 4) is 22.9 Å². The molecule has 2 aliphatic heterocycles. The smallest absolute Gasteiger partial charge is 0.246 e. The standard InChI is InChI=1S/C22H23N5O3/c28-21(15-27-24-22(23-25-27)16-6-2-1-3-7-16)26-11-4-8-18(26)17-9-10-19-20(14-17)30-13-5-12-29-19/h1-3,6-7,9-10,14,18H,4-5,8,11-13,15H2/t18-/m1/s1. The number of tetrazole rings is 1. The number of amides is 1. The Labute approximate surface area is 174 Å². The van der Waals surface area contributed by atoms with E-state index in [1.54, 1.807) is 0 Å². The second-order valence-corrected chi connectivity index (χ2v) is 7.51. The van der Waals surface area contributed by atoms with Crippen LogP contribution in [0.15, 0.2) is 48.5 Å². The number of rotatable bonds is 4. The molecule has 2 aromatic carbocycles. The molecule has 1 saturated heterocycles. The quantitative estimate of drug-likeness (QED) is 0.664. The van der Waals surface area contributed by atoms with Crippen LogP contribution in [0, 0.1) is 0 Å². The number of hydrogen-bond acceptors (Lipinski definition) is 6. The van der Waals surface area contributed by atoms with Crippen molar-refractivity contribution in [2.75, 3.05) is 19.8 Å². The molecular weight excluding hydrogens is 382 g/mol. The van der Waals surface area contributed by atoms with Crippen LogP contribution in [0.25, 0.3) is 11.4 Å². The van der Waals surface area contributed by atoms with Gasteiger partial charge in [0.1, 0.15) is 6.54 Å². The molecule has 5 rings (SSSR count). The molecule has 0 N–H and O–H groups in total. The van der Waals surface area contributed by atoms with Gasteiger partial charge in [0, 0.05) is 18.5 Å². The summed E-state index contributed by atoms with van der Waals surface area (Å²) in [4.78, 5) is 16.3. The van der Waals surface area contributed by atoms with Gasteiger partial charge in [-0.25, -0.2) is 0 Å². The van der Waals surface area contributed by atoms with Gasteiger partial charge in [-0.15, -0.1) is 10.2 Å². The van der Waals surface area contributed by atoms with E-state index < -0.39 is 0 Å². The van der Waals surface area contributed by atoms with E-state index in [-0.39, 0.29) is 18.5 Å². The van der Waals surface area contributed by atoms with Crippen LogP contribution in [0.3, 0.4) is 0 Å². The SMILES string of the molecule is O=C(Cn1nnc(-c2ccccc2)n1)N1CCC[C@@H]1c1ccc2c(c1)OCCCO2. The Morgan fingerprint density at radius 2 is 1.87 bits per heavy atom. The van der Waals surface area contributed by atoms with E-state index in [1.807, 2.05) is 53.4 Å². The predicted molar refractivity (Wildman–Crippen MR) is 109 cm³/mol. The largest absolute Gasteiger partial charge is 0.490 e. The van der Waals surface area contributed by atoms with Gasteiger partial charge >= 0.3 is 0 Å². The maximum atomic E-state index is 13.0. The molecule has 8 nitrogen and oxygen atoms in total. The number of carbonyl (C=O) groups is 1. The van der Waals surface area contributed by atoms with E-state index in [9.17, 15) is 4.79 Å². The van der Waals surface area contributed by atoms with Gasteiger partial charge in [0.25, 0.3) is 0 Å². The topological polar surface area (TPSA) is 82.4 Å². The summed E-state index contributed by atoms with van der Waals surface area (Å²) in [6, 6.07) is 15.6. The summed E-state index contributed by atoms with van der Waals surface area (Å²) in [5.74, 6) is 2.04. The summed E-state index contributed by atoms with van der Waals surface area (Å²) in [5, 5.41) is 12.5. The first kappa shape index (κ1) is 18.6. The van der Waals surface area contributed by atoms with Gasteiger partial charge in [-0.05, 0) is 35.8 Å². The zero-order chi connectivity index (χ0) is 20.3. The fourth-order valence-electron chi connectivity index (χ4n) is 4.02. The molecular formula is C22H23N5O3. The Balaban J connectivity index is 1.31. The molecule has 0 aliphatic carbocycles. The summed E-state index contributed by atoms with van der Waals surface area (Å²) in [5.41, 5.74) is 1.95. The minimum atomic E-state index is -0.0124. The van der Waals surface area contributed by atoms with E-state index in [0.29, 0.717) is 19.0 Å². The van der Waals surface area contributed by atoms with Crippen molar-refractivity contribution in [2.45, 2.75) is 31.8 Å². The van der Waals surface area contributed by atoms with Gasteiger partial charge in [0.15, 0.2) is 11.5 Å². The highest BCUT2D eigenvalue weighted by molar-refractivity contribution is 5.76. The lowest BCUT2D eigenvalue weighted by molar-refractivity contribution is -0.133. The van der Waals surface area contributed by atoms with E-state index in [0.717, 1.165) is 48.4 Å². The van der Waals surface area contributed by atoms with E-state index >= 15 is 0 Å². The number of hydrogen-bond donors (Lipinski definition) is 0. The molecule has 3 aromatic rings. The summed E-state index contributed by atoms with van der Waals surface area (Å²) < 4.78 is 11.5. The molecule has 0 bridgehead atoms. The van der Waals surface area contributed by atoms with Crippen LogP contribution in [0.2, 0.25) is 0 Å². The molecule has 1 fully saturated rings. The number of carbonyl (C=O) groups excluding carboxylic acids is 1. The lowest BCUT2D eigenvalue weighted by Gasteiger charge is -2.25. The van der Waals surface area contributed by atoms with Crippen molar-refractivity contribution in [1.82, 2.24) is 25.1 Å². The summed E-state index contributed by atoms with van der Waals surface area (Å²) >= 11 is 0. The average molecular weight is 405 g/mol. The number of aromatic nitrogens is 4. The van der Waals surface area contributed by atoms with E-state index in [1.165, 1.54) is 4.80 Å². The third-order valence-corrected chi connectivity index (χ3v) is 5.49. The first-order valence-corrected chi connectivity index (χ1v) is 10.3. The zero-order valence-corrected chi connectivity index (χ0v) is 16.6. The number of fused-ring (bicyclic) bond motifs is 1. The zero-order valence-electron chi connectivity index (χ0n) is 16.6. The monoisotopic (exact) mass is 405 g/mol. The van der Waals surface area contributed by atoms with Gasteiger partial charge < -0.3 is 14.4 Å². The Morgan fingerprint density at radius 3 is 2.73 bits per heavy atom. The molecule has 8 heteroatoms. The summed E-state index contributed by atoms with van der Waals surface area (Å²) in [7, 11) is 0. The van der Waals surface area contributed by atoms with Gasteiger partial charge in [0.2, 0.25) is 11.7 Å². The highest BCUT2D eigenvalue weighted by atomic mass is 16.5. The Kier molecular flexibility index (Phi) is 5.04. The van der Waals surface area contributed by atoms with E-state index in [2.05, 4.69) is 15.4 Å². The maximum absolute atomic E-state index is 13.0. The normalized spacial score (nSPS) is 18.3. The third kappa shape index (κ3) is 3.72. The van der Waals surface area contributed by atoms with Crippen LogP contribution in [-0.2, 0) is 11.3 Å². The van der Waals surface area contributed by atoms with Crippen molar-refractivity contribution in [1.29, 1.82) is 0 Å². The van der Waals surface area contributed by atoms with Crippen LogP contribution >= 0.6 is 0 Å². The number of benzene rings is 2. The average Bonchev–Trinajstić information content (AvgIpc) is 3.39. The van der Waals surface area contributed by atoms with Crippen LogP contribution in [0.1, 0.15) is 30.9 Å². The highest BCUT2D eigenvalue weighted by Crippen LogP contribution is 2.38. The molecule has 2 aliphatic rings. The van der Waals surface area contributed by atoms with Crippen LogP contribution in [-0.4, -0.2) is 50.8 Å². The molecule has 0 saturated carbocycles. The molecule has 1 atom stereocenters. The van der Waals surface area contributed by atoms with Gasteiger partial charge in [0.05, 0.1) is 19.3 Å². The van der Waals surface area contributed by atoms with Crippen molar-refractivity contribution >= 4 is 5.91 Å². The van der Waals surface area contributed by atoms with Gasteiger partial charge in [-0.3, -0.25) is 4.79 Å². The van der Waals surface area contributed by atoms with Crippen molar-refractivity contribution in [3.63, 3.8) is 0 Å². The summed E-state index contributed by atoms with van der Waals surface area (Å²) in [6.45, 7) is 2.10. The van der Waals surface area contributed by atoms with Crippen molar-refractivity contribution in [2.24, 2.45) is 0 Å². The molecule has 1 amide bonds. The first-order valence-electron chi connectivity index (χ1n) is 10.3. The Bertz CT molecular complexity index is 1040. The molecule has 0 radical (unpaired) electrons. The van der Waals surface area contributed by atoms with E-state index in [4.69, 9.17) is 9.47 Å². The maximum Gasteiger partial charge on any atom is 0.246 e. The number of likely N-dealkylation sites (tertiary alicyclic amines) is 1. The third-order valence-electron chi connectivity index (χ3n) is 5.49.